The number of aliphatic hydroxyl groups is 1. The van der Waals surface area contributed by atoms with Crippen molar-refractivity contribution in [3.8, 4) is 0 Å². The van der Waals surface area contributed by atoms with Crippen molar-refractivity contribution in [2.75, 3.05) is 6.54 Å². The quantitative estimate of drug-likeness (QED) is 0.873. The molecule has 24 heavy (non-hydrogen) atoms. The lowest BCUT2D eigenvalue weighted by molar-refractivity contribution is 0.193. The Bertz CT molecular complexity index is 871. The molecule has 1 aliphatic heterocycles. The molecule has 10 heteroatoms. The van der Waals surface area contributed by atoms with Crippen LogP contribution in [0.2, 0.25) is 5.15 Å². The fourth-order valence-corrected chi connectivity index (χ4v) is 5.05. The SMILES string of the molecule is Cc1nn(C)c(Cl)c1S(=O)(=O)N1CCCn2nc([C@@H](C)O)cc2C1. The molecule has 3 rings (SSSR count). The Kier molecular flexibility index (Phi) is 4.45. The fourth-order valence-electron chi connectivity index (χ4n) is 2.90. The molecule has 0 saturated carbocycles. The van der Waals surface area contributed by atoms with Gasteiger partial charge in [-0.25, -0.2) is 8.42 Å². The Morgan fingerprint density at radius 3 is 2.62 bits per heavy atom. The van der Waals surface area contributed by atoms with Crippen molar-refractivity contribution in [1.29, 1.82) is 0 Å². The zero-order chi connectivity index (χ0) is 17.6. The normalized spacial score (nSPS) is 17.5. The van der Waals surface area contributed by atoms with Crippen LogP contribution in [-0.2, 0) is 30.2 Å². The number of halogens is 1. The fraction of sp³-hybridized carbons (Fsp3) is 0.571. The van der Waals surface area contributed by atoms with Gasteiger partial charge in [0.15, 0.2) is 0 Å². The lowest BCUT2D eigenvalue weighted by Crippen LogP contribution is -2.31. The van der Waals surface area contributed by atoms with E-state index in [1.807, 2.05) is 0 Å². The number of rotatable bonds is 3. The van der Waals surface area contributed by atoms with Crippen molar-refractivity contribution >= 4 is 21.6 Å². The molecule has 1 atom stereocenters. The van der Waals surface area contributed by atoms with E-state index in [2.05, 4.69) is 10.2 Å². The van der Waals surface area contributed by atoms with E-state index in [0.29, 0.717) is 30.9 Å². The lowest BCUT2D eigenvalue weighted by Gasteiger charge is -2.19. The van der Waals surface area contributed by atoms with E-state index in [0.717, 1.165) is 5.69 Å². The molecular formula is C14H20ClN5O3S. The summed E-state index contributed by atoms with van der Waals surface area (Å²) in [5.74, 6) is 0. The zero-order valence-corrected chi connectivity index (χ0v) is 15.3. The summed E-state index contributed by atoms with van der Waals surface area (Å²) in [6, 6.07) is 1.75. The molecule has 132 valence electrons. The summed E-state index contributed by atoms with van der Waals surface area (Å²) in [5.41, 5.74) is 1.68. The number of aliphatic hydroxyl groups excluding tert-OH is 1. The Hall–Kier alpha value is -1.42. The van der Waals surface area contributed by atoms with Crippen molar-refractivity contribution in [2.24, 2.45) is 7.05 Å². The summed E-state index contributed by atoms with van der Waals surface area (Å²) in [6.45, 7) is 4.43. The van der Waals surface area contributed by atoms with E-state index < -0.39 is 16.1 Å². The molecule has 8 nitrogen and oxygen atoms in total. The monoisotopic (exact) mass is 373 g/mol. The van der Waals surface area contributed by atoms with Gasteiger partial charge in [0.05, 0.1) is 29.7 Å². The first-order chi connectivity index (χ1) is 11.2. The van der Waals surface area contributed by atoms with Crippen LogP contribution in [0.4, 0.5) is 0 Å². The molecule has 3 heterocycles. The average Bonchev–Trinajstić information content (AvgIpc) is 2.92. The van der Waals surface area contributed by atoms with Crippen LogP contribution in [0.5, 0.6) is 0 Å². The van der Waals surface area contributed by atoms with Crippen LogP contribution in [0.1, 0.15) is 36.5 Å². The molecule has 0 amide bonds. The first-order valence-corrected chi connectivity index (χ1v) is 9.47. The molecule has 0 bridgehead atoms. The van der Waals surface area contributed by atoms with Gasteiger partial charge < -0.3 is 5.11 Å². The van der Waals surface area contributed by atoms with E-state index in [-0.39, 0.29) is 16.6 Å². The molecule has 0 saturated heterocycles. The van der Waals surface area contributed by atoms with Crippen molar-refractivity contribution in [3.05, 3.63) is 28.3 Å². The summed E-state index contributed by atoms with van der Waals surface area (Å²) in [6.07, 6.45) is -0.0612. The minimum Gasteiger partial charge on any atom is -0.387 e. The van der Waals surface area contributed by atoms with Crippen LogP contribution in [0.3, 0.4) is 0 Å². The maximum atomic E-state index is 13.1. The van der Waals surface area contributed by atoms with Crippen molar-refractivity contribution in [2.45, 2.75) is 44.4 Å². The topological polar surface area (TPSA) is 93.3 Å². The standard InChI is InChI=1S/C14H20ClN5O3S/c1-9-13(14(15)18(3)16-9)24(22,23)19-5-4-6-20-11(8-19)7-12(17-20)10(2)21/h7,10,21H,4-6,8H2,1-3H3/t10-/m1/s1. The highest BCUT2D eigenvalue weighted by molar-refractivity contribution is 7.89. The Morgan fingerprint density at radius 2 is 2.04 bits per heavy atom. The molecule has 0 aromatic carbocycles. The first-order valence-electron chi connectivity index (χ1n) is 7.65. The minimum atomic E-state index is -3.77. The van der Waals surface area contributed by atoms with E-state index >= 15 is 0 Å². The van der Waals surface area contributed by atoms with Crippen LogP contribution in [0.15, 0.2) is 11.0 Å². The second-order valence-corrected chi connectivity index (χ2v) is 8.21. The van der Waals surface area contributed by atoms with E-state index in [1.54, 1.807) is 31.6 Å². The average molecular weight is 374 g/mol. The number of aromatic nitrogens is 4. The highest BCUT2D eigenvalue weighted by Gasteiger charge is 2.33. The highest BCUT2D eigenvalue weighted by atomic mass is 35.5. The van der Waals surface area contributed by atoms with Crippen molar-refractivity contribution < 1.29 is 13.5 Å². The number of hydrogen-bond donors (Lipinski definition) is 1. The summed E-state index contributed by atoms with van der Waals surface area (Å²) < 4.78 is 30.6. The van der Waals surface area contributed by atoms with Gasteiger partial charge in [0.1, 0.15) is 10.0 Å². The molecule has 1 N–H and O–H groups in total. The number of aryl methyl sites for hydroxylation is 3. The van der Waals surface area contributed by atoms with Gasteiger partial charge in [-0.2, -0.15) is 14.5 Å². The van der Waals surface area contributed by atoms with E-state index in [9.17, 15) is 13.5 Å². The highest BCUT2D eigenvalue weighted by Crippen LogP contribution is 2.29. The molecule has 0 aliphatic carbocycles. The van der Waals surface area contributed by atoms with E-state index in [1.165, 1.54) is 8.99 Å². The molecular weight excluding hydrogens is 354 g/mol. The predicted molar refractivity (Wildman–Crippen MR) is 88.0 cm³/mol. The van der Waals surface area contributed by atoms with Gasteiger partial charge in [-0.05, 0) is 26.3 Å². The third kappa shape index (κ3) is 2.85. The molecule has 0 radical (unpaired) electrons. The molecule has 2 aromatic heterocycles. The molecule has 0 spiro atoms. The second kappa shape index (κ2) is 6.14. The molecule has 0 unspecified atom stereocenters. The molecule has 2 aromatic rings. The number of sulfonamides is 1. The number of fused-ring (bicyclic) bond motifs is 1. The Balaban J connectivity index is 1.99. The van der Waals surface area contributed by atoms with Crippen LogP contribution < -0.4 is 0 Å². The van der Waals surface area contributed by atoms with Gasteiger partial charge >= 0.3 is 0 Å². The molecule has 1 aliphatic rings. The number of nitrogens with zero attached hydrogens (tertiary/aromatic N) is 5. The smallest absolute Gasteiger partial charge is 0.248 e. The summed E-state index contributed by atoms with van der Waals surface area (Å²) >= 11 is 6.15. The van der Waals surface area contributed by atoms with Gasteiger partial charge in [0, 0.05) is 20.1 Å². The maximum Gasteiger partial charge on any atom is 0.248 e. The lowest BCUT2D eigenvalue weighted by atomic mass is 10.2. The van der Waals surface area contributed by atoms with Gasteiger partial charge in [-0.1, -0.05) is 11.6 Å². The number of hydrogen-bond acceptors (Lipinski definition) is 5. The summed E-state index contributed by atoms with van der Waals surface area (Å²) in [5, 5.41) is 18.2. The van der Waals surface area contributed by atoms with Crippen LogP contribution >= 0.6 is 11.6 Å². The minimum absolute atomic E-state index is 0.0513. The maximum absolute atomic E-state index is 13.1. The van der Waals surface area contributed by atoms with Crippen molar-refractivity contribution in [1.82, 2.24) is 23.9 Å². The third-order valence-corrected chi connectivity index (χ3v) is 6.67. The second-order valence-electron chi connectivity index (χ2n) is 5.98. The summed E-state index contributed by atoms with van der Waals surface area (Å²) in [7, 11) is -2.15. The van der Waals surface area contributed by atoms with Gasteiger partial charge in [0.2, 0.25) is 10.0 Å². The largest absolute Gasteiger partial charge is 0.387 e. The Morgan fingerprint density at radius 1 is 1.33 bits per heavy atom. The predicted octanol–water partition coefficient (Wildman–Crippen LogP) is 1.23. The van der Waals surface area contributed by atoms with Gasteiger partial charge in [0.25, 0.3) is 0 Å². The van der Waals surface area contributed by atoms with Gasteiger partial charge in [-0.15, -0.1) is 0 Å². The Labute approximate surface area is 145 Å². The third-order valence-electron chi connectivity index (χ3n) is 4.12. The van der Waals surface area contributed by atoms with Crippen molar-refractivity contribution in [3.63, 3.8) is 0 Å². The van der Waals surface area contributed by atoms with E-state index in [4.69, 9.17) is 11.6 Å². The zero-order valence-electron chi connectivity index (χ0n) is 13.8. The van der Waals surface area contributed by atoms with Crippen LogP contribution in [-0.4, -0.2) is 43.9 Å². The summed E-state index contributed by atoms with van der Waals surface area (Å²) in [4.78, 5) is 0.0513. The van der Waals surface area contributed by atoms with Crippen LogP contribution in [0.25, 0.3) is 0 Å². The molecule has 0 fully saturated rings. The van der Waals surface area contributed by atoms with Gasteiger partial charge in [-0.3, -0.25) is 9.36 Å². The van der Waals surface area contributed by atoms with Crippen LogP contribution in [0, 0.1) is 6.92 Å². The first kappa shape index (κ1) is 17.4.